The van der Waals surface area contributed by atoms with Gasteiger partial charge in [-0.25, -0.2) is 23.1 Å². The quantitative estimate of drug-likeness (QED) is 0.514. The van der Waals surface area contributed by atoms with Crippen LogP contribution in [-0.2, 0) is 12.8 Å². The fourth-order valence-electron chi connectivity index (χ4n) is 3.42. The zero-order valence-corrected chi connectivity index (χ0v) is 16.7. The molecule has 4 rings (SSSR count). The lowest BCUT2D eigenvalue weighted by molar-refractivity contribution is 0.230. The fourth-order valence-corrected chi connectivity index (χ4v) is 3.42. The van der Waals surface area contributed by atoms with Crippen molar-refractivity contribution < 1.29 is 13.2 Å². The molecule has 10 heteroatoms. The third kappa shape index (κ3) is 3.89. The van der Waals surface area contributed by atoms with Crippen molar-refractivity contribution in [3.63, 3.8) is 0 Å². The third-order valence-electron chi connectivity index (χ3n) is 5.25. The first-order valence-electron chi connectivity index (χ1n) is 9.42. The molecule has 1 unspecified atom stereocenters. The van der Waals surface area contributed by atoms with Crippen LogP contribution in [0, 0.1) is 28.8 Å². The molecule has 0 saturated carbocycles. The number of H-pyrrole nitrogens is 2. The van der Waals surface area contributed by atoms with E-state index in [1.807, 2.05) is 20.8 Å². The van der Waals surface area contributed by atoms with Crippen LogP contribution < -0.4 is 0 Å². The van der Waals surface area contributed by atoms with Gasteiger partial charge in [-0.2, -0.15) is 5.21 Å². The van der Waals surface area contributed by atoms with Crippen molar-refractivity contribution in [2.45, 2.75) is 33.6 Å². The van der Waals surface area contributed by atoms with Crippen LogP contribution in [0.5, 0.6) is 0 Å². The minimum Gasteiger partial charge on any atom is -0.358 e. The summed E-state index contributed by atoms with van der Waals surface area (Å²) in [5.41, 5.74) is 0.570. The van der Waals surface area contributed by atoms with Crippen molar-refractivity contribution in [2.24, 2.45) is 11.3 Å². The molecule has 0 bridgehead atoms. The van der Waals surface area contributed by atoms with Crippen LogP contribution in [0.4, 0.5) is 13.2 Å². The Bertz CT molecular complexity index is 1180. The van der Waals surface area contributed by atoms with Crippen molar-refractivity contribution in [2.75, 3.05) is 0 Å². The number of rotatable bonds is 5. The number of tetrazole rings is 1. The molecule has 1 atom stereocenters. The predicted molar refractivity (Wildman–Crippen MR) is 104 cm³/mol. The van der Waals surface area contributed by atoms with Gasteiger partial charge in [-0.05, 0) is 23.8 Å². The van der Waals surface area contributed by atoms with Crippen LogP contribution >= 0.6 is 0 Å². The first-order valence-corrected chi connectivity index (χ1v) is 9.42. The number of aromatic amines is 2. The molecule has 0 aliphatic heterocycles. The maximum absolute atomic E-state index is 14.6. The molecule has 156 valence electrons. The summed E-state index contributed by atoms with van der Waals surface area (Å²) >= 11 is 0. The number of halogens is 3. The number of nitrogens with zero attached hydrogens (tertiary/aromatic N) is 5. The predicted octanol–water partition coefficient (Wildman–Crippen LogP) is 4.00. The summed E-state index contributed by atoms with van der Waals surface area (Å²) in [5.74, 6) is -1.28. The van der Waals surface area contributed by atoms with Gasteiger partial charge in [0.15, 0.2) is 17.5 Å². The average Bonchev–Trinajstić information content (AvgIpc) is 3.32. The number of benzene rings is 1. The Labute approximate surface area is 170 Å². The second-order valence-corrected chi connectivity index (χ2v) is 8.30. The number of nitrogens with one attached hydrogen (secondary N) is 2. The van der Waals surface area contributed by atoms with Gasteiger partial charge in [0.1, 0.15) is 11.6 Å². The Balaban J connectivity index is 1.71. The largest absolute Gasteiger partial charge is 0.358 e. The lowest BCUT2D eigenvalue weighted by atomic mass is 9.76. The highest BCUT2D eigenvalue weighted by molar-refractivity contribution is 5.94. The van der Waals surface area contributed by atoms with E-state index in [9.17, 15) is 13.2 Å². The number of aromatic nitrogens is 7. The van der Waals surface area contributed by atoms with Crippen LogP contribution in [0.2, 0.25) is 0 Å². The smallest absolute Gasteiger partial charge is 0.174 e. The van der Waals surface area contributed by atoms with E-state index >= 15 is 0 Å². The highest BCUT2D eigenvalue weighted by Gasteiger charge is 2.28. The van der Waals surface area contributed by atoms with Gasteiger partial charge in [-0.15, -0.1) is 10.2 Å². The zero-order valence-electron chi connectivity index (χ0n) is 16.7. The van der Waals surface area contributed by atoms with Gasteiger partial charge in [0.2, 0.25) is 0 Å². The first-order chi connectivity index (χ1) is 14.2. The van der Waals surface area contributed by atoms with Gasteiger partial charge in [-0.1, -0.05) is 26.0 Å². The van der Waals surface area contributed by atoms with E-state index < -0.39 is 17.5 Å². The Morgan fingerprint density at radius 2 is 1.87 bits per heavy atom. The maximum Gasteiger partial charge on any atom is 0.174 e. The SMILES string of the molecule is CC(C)(C)C(Cc1nn[nH]n1)Cc1nc(-c2c[nH]c3c(F)cc(F)cc23)ncc1F. The molecule has 1 aromatic carbocycles. The summed E-state index contributed by atoms with van der Waals surface area (Å²) in [6.45, 7) is 6.13. The molecule has 0 radical (unpaired) electrons. The van der Waals surface area contributed by atoms with Gasteiger partial charge in [0.05, 0.1) is 17.4 Å². The highest BCUT2D eigenvalue weighted by Crippen LogP contribution is 2.33. The van der Waals surface area contributed by atoms with Crippen molar-refractivity contribution in [1.29, 1.82) is 0 Å². The van der Waals surface area contributed by atoms with Crippen LogP contribution in [0.15, 0.2) is 24.5 Å². The van der Waals surface area contributed by atoms with Crippen molar-refractivity contribution in [3.05, 3.63) is 53.5 Å². The van der Waals surface area contributed by atoms with Crippen LogP contribution in [-0.4, -0.2) is 35.6 Å². The number of fused-ring (bicyclic) bond motifs is 1. The van der Waals surface area contributed by atoms with Crippen molar-refractivity contribution >= 4 is 10.9 Å². The van der Waals surface area contributed by atoms with Gasteiger partial charge in [0.25, 0.3) is 0 Å². The summed E-state index contributed by atoms with van der Waals surface area (Å²) in [7, 11) is 0. The van der Waals surface area contributed by atoms with E-state index in [1.54, 1.807) is 0 Å². The Hall–Kier alpha value is -3.30. The number of hydrogen-bond donors (Lipinski definition) is 2. The van der Waals surface area contributed by atoms with Crippen LogP contribution in [0.1, 0.15) is 32.3 Å². The summed E-state index contributed by atoms with van der Waals surface area (Å²) in [6.07, 6.45) is 3.37. The Morgan fingerprint density at radius 3 is 2.57 bits per heavy atom. The maximum atomic E-state index is 14.6. The van der Waals surface area contributed by atoms with E-state index in [1.165, 1.54) is 12.3 Å². The molecule has 0 saturated heterocycles. The van der Waals surface area contributed by atoms with E-state index in [0.717, 1.165) is 12.3 Å². The zero-order chi connectivity index (χ0) is 21.5. The summed E-state index contributed by atoms with van der Waals surface area (Å²) in [4.78, 5) is 11.2. The molecule has 2 N–H and O–H groups in total. The van der Waals surface area contributed by atoms with Crippen LogP contribution in [0.25, 0.3) is 22.3 Å². The molecule has 0 amide bonds. The summed E-state index contributed by atoms with van der Waals surface area (Å²) in [6, 6.07) is 2.00. The normalized spacial score (nSPS) is 13.1. The molecule has 7 nitrogen and oxygen atoms in total. The van der Waals surface area contributed by atoms with Crippen LogP contribution in [0.3, 0.4) is 0 Å². The van der Waals surface area contributed by atoms with Gasteiger partial charge < -0.3 is 4.98 Å². The summed E-state index contributed by atoms with van der Waals surface area (Å²) < 4.78 is 42.3. The molecule has 4 aromatic rings. The lowest BCUT2D eigenvalue weighted by Crippen LogP contribution is -2.26. The molecule has 3 heterocycles. The van der Waals surface area contributed by atoms with E-state index in [4.69, 9.17) is 0 Å². The average molecular weight is 415 g/mol. The van der Waals surface area contributed by atoms with E-state index in [0.29, 0.717) is 29.6 Å². The second kappa shape index (κ2) is 7.51. The molecule has 0 aliphatic rings. The monoisotopic (exact) mass is 415 g/mol. The van der Waals surface area contributed by atoms with Gasteiger partial charge in [-0.3, -0.25) is 0 Å². The molecule has 3 aromatic heterocycles. The van der Waals surface area contributed by atoms with E-state index in [-0.39, 0.29) is 28.4 Å². The molecule has 0 aliphatic carbocycles. The molecular weight excluding hydrogens is 395 g/mol. The first kappa shape index (κ1) is 20.0. The molecule has 0 spiro atoms. The molecular formula is C20H20F3N7. The second-order valence-electron chi connectivity index (χ2n) is 8.30. The minimum atomic E-state index is -0.716. The Morgan fingerprint density at radius 1 is 1.07 bits per heavy atom. The Kier molecular flexibility index (Phi) is 5.00. The topological polar surface area (TPSA) is 96.0 Å². The van der Waals surface area contributed by atoms with Gasteiger partial charge >= 0.3 is 0 Å². The lowest BCUT2D eigenvalue weighted by Gasteiger charge is -2.29. The van der Waals surface area contributed by atoms with E-state index in [2.05, 4.69) is 35.6 Å². The highest BCUT2D eigenvalue weighted by atomic mass is 19.1. The minimum absolute atomic E-state index is 0.0368. The van der Waals surface area contributed by atoms with Crippen molar-refractivity contribution in [1.82, 2.24) is 35.6 Å². The third-order valence-corrected chi connectivity index (χ3v) is 5.25. The molecule has 30 heavy (non-hydrogen) atoms. The van der Waals surface area contributed by atoms with Crippen molar-refractivity contribution in [3.8, 4) is 11.4 Å². The van der Waals surface area contributed by atoms with Gasteiger partial charge in [0, 0.05) is 29.6 Å². The number of hydrogen-bond acceptors (Lipinski definition) is 5. The summed E-state index contributed by atoms with van der Waals surface area (Å²) in [5, 5.41) is 14.3. The fraction of sp³-hybridized carbons (Fsp3) is 0.350. The standard InChI is InChI=1S/C20H20F3N7/c1-20(2,3)10(5-17-27-29-30-28-17)4-16-15(23)9-25-19(26-16)13-8-24-18-12(13)6-11(21)7-14(18)22/h6-10,24H,4-5H2,1-3H3,(H,27,28,29,30). The molecule has 0 fully saturated rings.